The van der Waals surface area contributed by atoms with E-state index in [-0.39, 0.29) is 9.92 Å². The molecular weight excluding hydrogens is 302 g/mol. The molecule has 1 aromatic heterocycles. The molecule has 0 amide bonds. The summed E-state index contributed by atoms with van der Waals surface area (Å²) in [5.74, 6) is 0.452. The van der Waals surface area contributed by atoms with Crippen LogP contribution in [0.4, 0.5) is 5.82 Å². The number of ether oxygens (including phenoxy) is 1. The van der Waals surface area contributed by atoms with Crippen molar-refractivity contribution < 1.29 is 13.2 Å². The van der Waals surface area contributed by atoms with Crippen LogP contribution in [0.1, 0.15) is 13.8 Å². The van der Waals surface area contributed by atoms with Crippen LogP contribution in [0.3, 0.4) is 0 Å². The number of morpholine rings is 1. The van der Waals surface area contributed by atoms with Crippen LogP contribution in [-0.4, -0.2) is 50.1 Å². The molecule has 0 bridgehead atoms. The Kier molecular flexibility index (Phi) is 4.24. The fourth-order valence-corrected chi connectivity index (χ4v) is 3.94. The van der Waals surface area contributed by atoms with Crippen molar-refractivity contribution in [3.8, 4) is 0 Å². The molecule has 112 valence electrons. The highest BCUT2D eigenvalue weighted by Crippen LogP contribution is 2.27. The molecule has 6 nitrogen and oxygen atoms in total. The molecule has 0 spiro atoms. The van der Waals surface area contributed by atoms with Gasteiger partial charge in [-0.05, 0) is 19.9 Å². The number of sulfonamides is 1. The standard InChI is InChI=1S/C12H18ClN3O3S/c1-12(2)8-16(4-5-19-12)20(17,18)9-6-10(13)11(14-3)15-7-9/h6-7H,4-5,8H2,1-3H3,(H,14,15). The molecule has 0 unspecified atom stereocenters. The molecule has 0 aromatic carbocycles. The topological polar surface area (TPSA) is 71.5 Å². The first kappa shape index (κ1) is 15.5. The first-order chi connectivity index (χ1) is 9.26. The highest BCUT2D eigenvalue weighted by molar-refractivity contribution is 7.89. The van der Waals surface area contributed by atoms with E-state index >= 15 is 0 Å². The molecule has 2 heterocycles. The monoisotopic (exact) mass is 319 g/mol. The smallest absolute Gasteiger partial charge is 0.244 e. The molecule has 1 aliphatic heterocycles. The van der Waals surface area contributed by atoms with Gasteiger partial charge in [0.15, 0.2) is 0 Å². The third-order valence-corrected chi connectivity index (χ3v) is 5.18. The molecule has 2 rings (SSSR count). The van der Waals surface area contributed by atoms with Gasteiger partial charge < -0.3 is 10.1 Å². The van der Waals surface area contributed by atoms with Crippen molar-refractivity contribution in [2.45, 2.75) is 24.3 Å². The molecule has 0 aliphatic carbocycles. The molecule has 0 radical (unpaired) electrons. The van der Waals surface area contributed by atoms with Crippen LogP contribution >= 0.6 is 11.6 Å². The van der Waals surface area contributed by atoms with Gasteiger partial charge in [-0.15, -0.1) is 0 Å². The van der Waals surface area contributed by atoms with E-state index in [0.717, 1.165) is 0 Å². The Morgan fingerprint density at radius 3 is 2.75 bits per heavy atom. The van der Waals surface area contributed by atoms with Gasteiger partial charge in [0, 0.05) is 26.3 Å². The Bertz CT molecular complexity index is 604. The summed E-state index contributed by atoms with van der Waals surface area (Å²) >= 11 is 6.00. The van der Waals surface area contributed by atoms with Gasteiger partial charge >= 0.3 is 0 Å². The maximum atomic E-state index is 12.6. The number of rotatable bonds is 3. The predicted molar refractivity (Wildman–Crippen MR) is 77.6 cm³/mol. The van der Waals surface area contributed by atoms with Crippen molar-refractivity contribution in [1.82, 2.24) is 9.29 Å². The maximum Gasteiger partial charge on any atom is 0.244 e. The highest BCUT2D eigenvalue weighted by Gasteiger charge is 2.35. The third-order valence-electron chi connectivity index (χ3n) is 3.08. The lowest BCUT2D eigenvalue weighted by atomic mass is 10.1. The first-order valence-electron chi connectivity index (χ1n) is 6.24. The quantitative estimate of drug-likeness (QED) is 0.915. The summed E-state index contributed by atoms with van der Waals surface area (Å²) in [7, 11) is -1.93. The average molecular weight is 320 g/mol. The molecule has 1 fully saturated rings. The molecule has 20 heavy (non-hydrogen) atoms. The Balaban J connectivity index is 2.33. The normalized spacial score (nSPS) is 19.8. The van der Waals surface area contributed by atoms with Gasteiger partial charge in [-0.25, -0.2) is 13.4 Å². The predicted octanol–water partition coefficient (Wildman–Crippen LogP) is 1.58. The summed E-state index contributed by atoms with van der Waals surface area (Å²) < 4.78 is 32.1. The van der Waals surface area contributed by atoms with Crippen molar-refractivity contribution in [3.05, 3.63) is 17.3 Å². The van der Waals surface area contributed by atoms with Crippen LogP contribution < -0.4 is 5.32 Å². The number of hydrogen-bond donors (Lipinski definition) is 1. The SMILES string of the molecule is CNc1ncc(S(=O)(=O)N2CCOC(C)(C)C2)cc1Cl. The van der Waals surface area contributed by atoms with E-state index in [4.69, 9.17) is 16.3 Å². The molecule has 1 aromatic rings. The number of nitrogens with zero attached hydrogens (tertiary/aromatic N) is 2. The highest BCUT2D eigenvalue weighted by atomic mass is 35.5. The molecular formula is C12H18ClN3O3S. The van der Waals surface area contributed by atoms with Gasteiger partial charge in [0.2, 0.25) is 10.0 Å². The maximum absolute atomic E-state index is 12.6. The van der Waals surface area contributed by atoms with Crippen LogP contribution in [-0.2, 0) is 14.8 Å². The van der Waals surface area contributed by atoms with E-state index in [0.29, 0.717) is 25.5 Å². The molecule has 1 saturated heterocycles. The van der Waals surface area contributed by atoms with Crippen LogP contribution in [0.5, 0.6) is 0 Å². The minimum absolute atomic E-state index is 0.0965. The summed E-state index contributed by atoms with van der Waals surface area (Å²) in [6.45, 7) is 4.74. The second-order valence-electron chi connectivity index (χ2n) is 5.20. The Hall–Kier alpha value is -0.890. The fraction of sp³-hybridized carbons (Fsp3) is 0.583. The zero-order valence-corrected chi connectivity index (χ0v) is 13.3. The van der Waals surface area contributed by atoms with Gasteiger partial charge in [-0.3, -0.25) is 0 Å². The summed E-state index contributed by atoms with van der Waals surface area (Å²) in [6, 6.07) is 1.41. The van der Waals surface area contributed by atoms with Crippen molar-refractivity contribution in [1.29, 1.82) is 0 Å². The van der Waals surface area contributed by atoms with Crippen LogP contribution in [0.25, 0.3) is 0 Å². The third kappa shape index (κ3) is 3.06. The lowest BCUT2D eigenvalue weighted by molar-refractivity contribution is -0.0640. The second-order valence-corrected chi connectivity index (χ2v) is 7.54. The minimum atomic E-state index is -3.60. The van der Waals surface area contributed by atoms with Crippen molar-refractivity contribution in [2.75, 3.05) is 32.1 Å². The number of hydrogen-bond acceptors (Lipinski definition) is 5. The summed E-state index contributed by atoms with van der Waals surface area (Å²) in [4.78, 5) is 4.11. The molecule has 1 N–H and O–H groups in total. The average Bonchev–Trinajstić information content (AvgIpc) is 2.37. The lowest BCUT2D eigenvalue weighted by Gasteiger charge is -2.37. The van der Waals surface area contributed by atoms with E-state index < -0.39 is 15.6 Å². The van der Waals surface area contributed by atoms with Gasteiger partial charge in [-0.1, -0.05) is 11.6 Å². The molecule has 0 atom stereocenters. The van der Waals surface area contributed by atoms with E-state index in [1.165, 1.54) is 16.6 Å². The molecule has 1 aliphatic rings. The van der Waals surface area contributed by atoms with E-state index in [1.54, 1.807) is 7.05 Å². The summed E-state index contributed by atoms with van der Waals surface area (Å²) in [5.41, 5.74) is -0.493. The van der Waals surface area contributed by atoms with Crippen molar-refractivity contribution >= 4 is 27.4 Å². The number of nitrogens with one attached hydrogen (secondary N) is 1. The van der Waals surface area contributed by atoms with Gasteiger partial charge in [0.25, 0.3) is 0 Å². The van der Waals surface area contributed by atoms with E-state index in [1.807, 2.05) is 13.8 Å². The number of anilines is 1. The second kappa shape index (κ2) is 5.48. The largest absolute Gasteiger partial charge is 0.373 e. The van der Waals surface area contributed by atoms with Gasteiger partial charge in [0.1, 0.15) is 10.7 Å². The van der Waals surface area contributed by atoms with Gasteiger partial charge in [-0.2, -0.15) is 4.31 Å². The Morgan fingerprint density at radius 1 is 1.50 bits per heavy atom. The van der Waals surface area contributed by atoms with E-state index in [9.17, 15) is 8.42 Å². The zero-order chi connectivity index (χ0) is 15.0. The molecule has 8 heteroatoms. The first-order valence-corrected chi connectivity index (χ1v) is 8.05. The Morgan fingerprint density at radius 2 is 2.20 bits per heavy atom. The van der Waals surface area contributed by atoms with Crippen molar-refractivity contribution in [2.24, 2.45) is 0 Å². The summed E-state index contributed by atoms with van der Waals surface area (Å²) in [5, 5.41) is 3.07. The number of aromatic nitrogens is 1. The van der Waals surface area contributed by atoms with E-state index in [2.05, 4.69) is 10.3 Å². The van der Waals surface area contributed by atoms with Crippen molar-refractivity contribution in [3.63, 3.8) is 0 Å². The summed E-state index contributed by atoms with van der Waals surface area (Å²) in [6.07, 6.45) is 1.31. The van der Waals surface area contributed by atoms with Gasteiger partial charge in [0.05, 0.1) is 17.2 Å². The van der Waals surface area contributed by atoms with Crippen LogP contribution in [0.2, 0.25) is 5.02 Å². The lowest BCUT2D eigenvalue weighted by Crippen LogP contribution is -2.50. The molecule has 0 saturated carbocycles. The zero-order valence-electron chi connectivity index (χ0n) is 11.7. The van der Waals surface area contributed by atoms with Crippen LogP contribution in [0, 0.1) is 0 Å². The minimum Gasteiger partial charge on any atom is -0.373 e. The Labute approximate surface area is 124 Å². The van der Waals surface area contributed by atoms with Crippen LogP contribution in [0.15, 0.2) is 17.2 Å². The number of pyridine rings is 1. The number of halogens is 1. The fourth-order valence-electron chi connectivity index (χ4n) is 2.07.